The van der Waals surface area contributed by atoms with Crippen molar-refractivity contribution >= 4 is 0 Å². The van der Waals surface area contributed by atoms with Crippen LogP contribution in [0.4, 0.5) is 0 Å². The van der Waals surface area contributed by atoms with Crippen LogP contribution in [-0.4, -0.2) is 40.4 Å². The van der Waals surface area contributed by atoms with Crippen LogP contribution >= 0.6 is 0 Å². The Bertz CT molecular complexity index is 296. The van der Waals surface area contributed by atoms with Crippen LogP contribution in [0, 0.1) is 5.92 Å². The summed E-state index contributed by atoms with van der Waals surface area (Å²) in [6.45, 7) is 6.35. The van der Waals surface area contributed by atoms with Crippen molar-refractivity contribution < 1.29 is 0 Å². The first kappa shape index (κ1) is 11.6. The average molecular weight is 222 g/mol. The van der Waals surface area contributed by atoms with Crippen LogP contribution in [0.3, 0.4) is 0 Å². The molecule has 0 saturated carbocycles. The highest BCUT2D eigenvalue weighted by Crippen LogP contribution is 2.20. The SMILES string of the molecule is CC1CCC(CN)CN1CCn1cccn1. The van der Waals surface area contributed by atoms with Crippen LogP contribution in [-0.2, 0) is 6.54 Å². The first-order valence-corrected chi connectivity index (χ1v) is 6.21. The van der Waals surface area contributed by atoms with Gasteiger partial charge in [0.1, 0.15) is 0 Å². The zero-order valence-electron chi connectivity index (χ0n) is 10.0. The molecule has 1 saturated heterocycles. The smallest absolute Gasteiger partial charge is 0.0536 e. The van der Waals surface area contributed by atoms with E-state index >= 15 is 0 Å². The molecule has 4 heteroatoms. The van der Waals surface area contributed by atoms with E-state index in [2.05, 4.69) is 16.9 Å². The van der Waals surface area contributed by atoms with Crippen molar-refractivity contribution in [1.82, 2.24) is 14.7 Å². The molecule has 0 spiro atoms. The number of piperidine rings is 1. The molecule has 1 aliphatic heterocycles. The van der Waals surface area contributed by atoms with Crippen LogP contribution < -0.4 is 5.73 Å². The maximum Gasteiger partial charge on any atom is 0.0536 e. The minimum absolute atomic E-state index is 0.689. The van der Waals surface area contributed by atoms with Gasteiger partial charge in [0.25, 0.3) is 0 Å². The highest BCUT2D eigenvalue weighted by atomic mass is 15.3. The van der Waals surface area contributed by atoms with Gasteiger partial charge in [-0.05, 0) is 38.3 Å². The minimum atomic E-state index is 0.689. The third-order valence-corrected chi connectivity index (χ3v) is 3.62. The zero-order valence-corrected chi connectivity index (χ0v) is 10.0. The molecule has 1 aromatic heterocycles. The van der Waals surface area contributed by atoms with Gasteiger partial charge in [0.2, 0.25) is 0 Å². The molecule has 0 bridgehead atoms. The molecule has 0 radical (unpaired) electrons. The lowest BCUT2D eigenvalue weighted by Gasteiger charge is -2.37. The second kappa shape index (κ2) is 5.46. The lowest BCUT2D eigenvalue weighted by atomic mass is 9.93. The fourth-order valence-corrected chi connectivity index (χ4v) is 2.43. The van der Waals surface area contributed by atoms with Gasteiger partial charge in [0.15, 0.2) is 0 Å². The molecule has 2 unspecified atom stereocenters. The van der Waals surface area contributed by atoms with Crippen molar-refractivity contribution in [3.05, 3.63) is 18.5 Å². The van der Waals surface area contributed by atoms with Gasteiger partial charge in [0.05, 0.1) is 6.54 Å². The topological polar surface area (TPSA) is 47.1 Å². The van der Waals surface area contributed by atoms with E-state index in [1.165, 1.54) is 12.8 Å². The van der Waals surface area contributed by atoms with Crippen molar-refractivity contribution in [2.24, 2.45) is 11.7 Å². The predicted octanol–water partition coefficient (Wildman–Crippen LogP) is 0.942. The summed E-state index contributed by atoms with van der Waals surface area (Å²) < 4.78 is 2.00. The second-order valence-electron chi connectivity index (χ2n) is 4.79. The largest absolute Gasteiger partial charge is 0.330 e. The Kier molecular flexibility index (Phi) is 3.96. The molecule has 2 rings (SSSR count). The van der Waals surface area contributed by atoms with Gasteiger partial charge >= 0.3 is 0 Å². The van der Waals surface area contributed by atoms with Crippen LogP contribution in [0.5, 0.6) is 0 Å². The third kappa shape index (κ3) is 2.83. The maximum absolute atomic E-state index is 5.76. The van der Waals surface area contributed by atoms with Gasteiger partial charge in [-0.25, -0.2) is 0 Å². The van der Waals surface area contributed by atoms with Crippen molar-refractivity contribution in [2.45, 2.75) is 32.4 Å². The lowest BCUT2D eigenvalue weighted by Crippen LogP contribution is -2.45. The summed E-state index contributed by atoms with van der Waals surface area (Å²) in [5, 5.41) is 4.23. The van der Waals surface area contributed by atoms with E-state index < -0.39 is 0 Å². The van der Waals surface area contributed by atoms with Crippen LogP contribution in [0.1, 0.15) is 19.8 Å². The first-order valence-electron chi connectivity index (χ1n) is 6.21. The number of nitrogens with two attached hydrogens (primary N) is 1. The van der Waals surface area contributed by atoms with E-state index in [9.17, 15) is 0 Å². The Morgan fingerprint density at radius 1 is 1.38 bits per heavy atom. The summed E-state index contributed by atoms with van der Waals surface area (Å²) in [5.41, 5.74) is 5.76. The highest BCUT2D eigenvalue weighted by Gasteiger charge is 2.23. The standard InChI is InChI=1S/C12H22N4/c1-11-3-4-12(9-13)10-15(11)7-8-16-6-2-5-14-16/h2,5-6,11-12H,3-4,7-10,13H2,1H3. The number of aromatic nitrogens is 2. The molecule has 16 heavy (non-hydrogen) atoms. The summed E-state index contributed by atoms with van der Waals surface area (Å²) in [6, 6.07) is 2.67. The molecule has 0 aliphatic carbocycles. The Labute approximate surface area is 97.4 Å². The Balaban J connectivity index is 1.82. The monoisotopic (exact) mass is 222 g/mol. The first-order chi connectivity index (χ1) is 7.79. The van der Waals surface area contributed by atoms with Gasteiger partial charge in [-0.2, -0.15) is 5.10 Å². The van der Waals surface area contributed by atoms with E-state index in [4.69, 9.17) is 5.73 Å². The van der Waals surface area contributed by atoms with Gasteiger partial charge in [0, 0.05) is 31.5 Å². The van der Waals surface area contributed by atoms with E-state index in [0.717, 1.165) is 26.2 Å². The van der Waals surface area contributed by atoms with Crippen molar-refractivity contribution in [3.63, 3.8) is 0 Å². The molecular formula is C12H22N4. The van der Waals surface area contributed by atoms with Crippen molar-refractivity contribution in [3.8, 4) is 0 Å². The van der Waals surface area contributed by atoms with Crippen molar-refractivity contribution in [2.75, 3.05) is 19.6 Å². The molecule has 90 valence electrons. The summed E-state index contributed by atoms with van der Waals surface area (Å²) in [5.74, 6) is 0.689. The van der Waals surface area contributed by atoms with Crippen LogP contribution in [0.25, 0.3) is 0 Å². The maximum atomic E-state index is 5.76. The summed E-state index contributed by atoms with van der Waals surface area (Å²) in [6.07, 6.45) is 6.42. The second-order valence-corrected chi connectivity index (χ2v) is 4.79. The number of hydrogen-bond donors (Lipinski definition) is 1. The zero-order chi connectivity index (χ0) is 11.4. The van der Waals surface area contributed by atoms with E-state index in [1.54, 1.807) is 0 Å². The minimum Gasteiger partial charge on any atom is -0.330 e. The van der Waals surface area contributed by atoms with E-state index in [-0.39, 0.29) is 0 Å². The highest BCUT2D eigenvalue weighted by molar-refractivity contribution is 4.81. The number of nitrogens with zero attached hydrogens (tertiary/aromatic N) is 3. The molecule has 1 aromatic rings. The summed E-state index contributed by atoms with van der Waals surface area (Å²) >= 11 is 0. The number of likely N-dealkylation sites (tertiary alicyclic amines) is 1. The molecule has 0 amide bonds. The number of rotatable bonds is 4. The number of hydrogen-bond acceptors (Lipinski definition) is 3. The molecule has 2 heterocycles. The Morgan fingerprint density at radius 3 is 2.94 bits per heavy atom. The normalized spacial score (nSPS) is 27.1. The lowest BCUT2D eigenvalue weighted by molar-refractivity contribution is 0.115. The van der Waals surface area contributed by atoms with Gasteiger partial charge < -0.3 is 5.73 Å². The Hall–Kier alpha value is -0.870. The van der Waals surface area contributed by atoms with Gasteiger partial charge in [-0.1, -0.05) is 0 Å². The van der Waals surface area contributed by atoms with Crippen molar-refractivity contribution in [1.29, 1.82) is 0 Å². The molecule has 1 fully saturated rings. The molecule has 2 N–H and O–H groups in total. The fourth-order valence-electron chi connectivity index (χ4n) is 2.43. The quantitative estimate of drug-likeness (QED) is 0.825. The fraction of sp³-hybridized carbons (Fsp3) is 0.750. The third-order valence-electron chi connectivity index (χ3n) is 3.62. The average Bonchev–Trinajstić information content (AvgIpc) is 2.81. The molecule has 2 atom stereocenters. The summed E-state index contributed by atoms with van der Waals surface area (Å²) in [4.78, 5) is 2.54. The predicted molar refractivity (Wildman–Crippen MR) is 65.0 cm³/mol. The summed E-state index contributed by atoms with van der Waals surface area (Å²) in [7, 11) is 0. The van der Waals surface area contributed by atoms with Gasteiger partial charge in [-0.3, -0.25) is 9.58 Å². The Morgan fingerprint density at radius 2 is 2.25 bits per heavy atom. The van der Waals surface area contributed by atoms with E-state index in [0.29, 0.717) is 12.0 Å². The van der Waals surface area contributed by atoms with Crippen LogP contribution in [0.15, 0.2) is 18.5 Å². The van der Waals surface area contributed by atoms with Crippen LogP contribution in [0.2, 0.25) is 0 Å². The molecule has 0 aromatic carbocycles. The molecular weight excluding hydrogens is 200 g/mol. The van der Waals surface area contributed by atoms with Gasteiger partial charge in [-0.15, -0.1) is 0 Å². The van der Waals surface area contributed by atoms with E-state index in [1.807, 2.05) is 23.1 Å². The molecule has 4 nitrogen and oxygen atoms in total. The molecule has 1 aliphatic rings.